The van der Waals surface area contributed by atoms with Gasteiger partial charge in [-0.1, -0.05) is 18.2 Å². The number of nitrogens with one attached hydrogen (secondary N) is 1. The first-order chi connectivity index (χ1) is 7.99. The van der Waals surface area contributed by atoms with Crippen LogP contribution in [0, 0.1) is 0 Å². The standard InChI is InChI=1S/C12H17F2NOS/c1-9(8-17(2)16)15-7-10-4-3-5-11(6-10)12(13)14/h3-6,9,12,15H,7-8H2,1-2H3. The molecule has 1 aromatic rings. The van der Waals surface area contributed by atoms with Gasteiger partial charge in [-0.05, 0) is 18.6 Å². The molecule has 0 aromatic heterocycles. The van der Waals surface area contributed by atoms with Gasteiger partial charge in [0.25, 0.3) is 6.43 Å². The first kappa shape index (κ1) is 14.3. The fraction of sp³-hybridized carbons (Fsp3) is 0.500. The molecule has 0 fully saturated rings. The highest BCUT2D eigenvalue weighted by Crippen LogP contribution is 2.19. The third kappa shape index (κ3) is 5.37. The first-order valence-electron chi connectivity index (χ1n) is 5.39. The Labute approximate surface area is 103 Å². The number of hydrogen-bond donors (Lipinski definition) is 1. The van der Waals surface area contributed by atoms with Crippen LogP contribution in [-0.4, -0.2) is 22.3 Å². The number of alkyl halides is 2. The van der Waals surface area contributed by atoms with E-state index in [1.807, 2.05) is 6.92 Å². The lowest BCUT2D eigenvalue weighted by Gasteiger charge is -2.12. The Morgan fingerprint density at radius 2 is 2.12 bits per heavy atom. The van der Waals surface area contributed by atoms with Crippen LogP contribution in [0.25, 0.3) is 0 Å². The summed E-state index contributed by atoms with van der Waals surface area (Å²) in [5, 5.41) is 3.16. The molecule has 1 N–H and O–H groups in total. The van der Waals surface area contributed by atoms with Crippen LogP contribution in [0.3, 0.4) is 0 Å². The molecule has 0 bridgehead atoms. The van der Waals surface area contributed by atoms with E-state index < -0.39 is 17.2 Å². The molecule has 1 rings (SSSR count). The minimum absolute atomic E-state index is 0.0380. The average Bonchev–Trinajstić information content (AvgIpc) is 2.26. The van der Waals surface area contributed by atoms with E-state index in [2.05, 4.69) is 5.32 Å². The minimum Gasteiger partial charge on any atom is -0.309 e. The molecule has 1 aromatic carbocycles. The summed E-state index contributed by atoms with van der Waals surface area (Å²) in [6.07, 6.45) is -0.786. The zero-order valence-electron chi connectivity index (χ0n) is 9.95. The second-order valence-electron chi connectivity index (χ2n) is 4.07. The Morgan fingerprint density at radius 3 is 2.71 bits per heavy atom. The zero-order valence-corrected chi connectivity index (χ0v) is 10.8. The molecule has 0 aliphatic carbocycles. The molecule has 5 heteroatoms. The summed E-state index contributed by atoms with van der Waals surface area (Å²) < 4.78 is 35.9. The number of hydrogen-bond acceptors (Lipinski definition) is 2. The van der Waals surface area contributed by atoms with Gasteiger partial charge in [0.15, 0.2) is 0 Å². The number of benzene rings is 1. The second-order valence-corrected chi connectivity index (χ2v) is 5.55. The zero-order chi connectivity index (χ0) is 12.8. The molecule has 96 valence electrons. The summed E-state index contributed by atoms with van der Waals surface area (Å²) in [6, 6.07) is 6.44. The fourth-order valence-electron chi connectivity index (χ4n) is 1.54. The highest BCUT2D eigenvalue weighted by atomic mass is 32.2. The molecule has 0 heterocycles. The van der Waals surface area contributed by atoms with Crippen LogP contribution in [0.15, 0.2) is 24.3 Å². The van der Waals surface area contributed by atoms with Gasteiger partial charge in [-0.25, -0.2) is 8.78 Å². The van der Waals surface area contributed by atoms with Gasteiger partial charge >= 0.3 is 0 Å². The number of rotatable bonds is 6. The molecular weight excluding hydrogens is 244 g/mol. The normalized spacial score (nSPS) is 14.9. The molecule has 17 heavy (non-hydrogen) atoms. The van der Waals surface area contributed by atoms with Crippen LogP contribution in [0.5, 0.6) is 0 Å². The molecule has 0 saturated carbocycles. The van der Waals surface area contributed by atoms with Gasteiger partial charge < -0.3 is 5.32 Å². The van der Waals surface area contributed by atoms with E-state index in [4.69, 9.17) is 0 Å². The van der Waals surface area contributed by atoms with Gasteiger partial charge in [0.05, 0.1) is 0 Å². The molecule has 0 amide bonds. The molecule has 0 spiro atoms. The van der Waals surface area contributed by atoms with Gasteiger partial charge in [0.1, 0.15) is 0 Å². The third-order valence-corrected chi connectivity index (χ3v) is 3.31. The van der Waals surface area contributed by atoms with Crippen LogP contribution in [0.2, 0.25) is 0 Å². The maximum atomic E-state index is 12.5. The SMILES string of the molecule is CC(CS(C)=O)NCc1cccc(C(F)F)c1. The largest absolute Gasteiger partial charge is 0.309 e. The summed E-state index contributed by atoms with van der Waals surface area (Å²) in [6.45, 7) is 2.44. The van der Waals surface area contributed by atoms with E-state index >= 15 is 0 Å². The maximum absolute atomic E-state index is 12.5. The summed E-state index contributed by atoms with van der Waals surface area (Å²) in [7, 11) is -0.848. The van der Waals surface area contributed by atoms with Gasteiger partial charge in [0, 0.05) is 41.0 Å². The van der Waals surface area contributed by atoms with Crippen molar-refractivity contribution in [2.45, 2.75) is 25.9 Å². The van der Waals surface area contributed by atoms with Crippen molar-refractivity contribution in [2.75, 3.05) is 12.0 Å². The molecule has 0 saturated heterocycles. The van der Waals surface area contributed by atoms with Gasteiger partial charge in [0.2, 0.25) is 0 Å². The molecule has 2 unspecified atom stereocenters. The van der Waals surface area contributed by atoms with E-state index in [0.717, 1.165) is 5.56 Å². The minimum atomic E-state index is -2.43. The van der Waals surface area contributed by atoms with Crippen LogP contribution >= 0.6 is 0 Å². The van der Waals surface area contributed by atoms with Crippen LogP contribution in [0.4, 0.5) is 8.78 Å². The first-order valence-corrected chi connectivity index (χ1v) is 7.12. The van der Waals surface area contributed by atoms with E-state index in [1.54, 1.807) is 18.4 Å². The highest BCUT2D eigenvalue weighted by molar-refractivity contribution is 7.84. The van der Waals surface area contributed by atoms with Crippen LogP contribution < -0.4 is 5.32 Å². The Morgan fingerprint density at radius 1 is 1.41 bits per heavy atom. The lowest BCUT2D eigenvalue weighted by molar-refractivity contribution is 0.151. The Balaban J connectivity index is 2.51. The van der Waals surface area contributed by atoms with Crippen molar-refractivity contribution in [3.05, 3.63) is 35.4 Å². The van der Waals surface area contributed by atoms with Gasteiger partial charge in [-0.2, -0.15) is 0 Å². The van der Waals surface area contributed by atoms with E-state index in [0.29, 0.717) is 12.3 Å². The van der Waals surface area contributed by atoms with Crippen molar-refractivity contribution < 1.29 is 13.0 Å². The maximum Gasteiger partial charge on any atom is 0.263 e. The van der Waals surface area contributed by atoms with Crippen molar-refractivity contribution in [2.24, 2.45) is 0 Å². The molecule has 0 aliphatic rings. The lowest BCUT2D eigenvalue weighted by Crippen LogP contribution is -2.30. The Hall–Kier alpha value is -0.810. The predicted molar refractivity (Wildman–Crippen MR) is 66.6 cm³/mol. The molecule has 0 aliphatic heterocycles. The second kappa shape index (κ2) is 6.81. The summed E-state index contributed by atoms with van der Waals surface area (Å²) >= 11 is 0. The van der Waals surface area contributed by atoms with Gasteiger partial charge in [-0.15, -0.1) is 0 Å². The number of halogens is 2. The van der Waals surface area contributed by atoms with Crippen molar-refractivity contribution >= 4 is 10.8 Å². The molecule has 2 atom stereocenters. The van der Waals surface area contributed by atoms with E-state index in [1.165, 1.54) is 12.1 Å². The van der Waals surface area contributed by atoms with Crippen LogP contribution in [-0.2, 0) is 17.3 Å². The topological polar surface area (TPSA) is 29.1 Å². The smallest absolute Gasteiger partial charge is 0.263 e. The third-order valence-electron chi connectivity index (χ3n) is 2.34. The van der Waals surface area contributed by atoms with Crippen molar-refractivity contribution in [3.63, 3.8) is 0 Å². The predicted octanol–water partition coefficient (Wildman–Crippen LogP) is 2.48. The van der Waals surface area contributed by atoms with E-state index in [-0.39, 0.29) is 11.6 Å². The fourth-order valence-corrected chi connectivity index (χ4v) is 2.36. The Bertz CT molecular complexity index is 385. The van der Waals surface area contributed by atoms with Crippen molar-refractivity contribution in [1.82, 2.24) is 5.32 Å². The van der Waals surface area contributed by atoms with E-state index in [9.17, 15) is 13.0 Å². The highest BCUT2D eigenvalue weighted by Gasteiger charge is 2.08. The monoisotopic (exact) mass is 261 g/mol. The average molecular weight is 261 g/mol. The summed E-state index contributed by atoms with van der Waals surface area (Å²) in [4.78, 5) is 0. The van der Waals surface area contributed by atoms with Crippen molar-refractivity contribution in [3.8, 4) is 0 Å². The van der Waals surface area contributed by atoms with Crippen molar-refractivity contribution in [1.29, 1.82) is 0 Å². The van der Waals surface area contributed by atoms with Gasteiger partial charge in [-0.3, -0.25) is 4.21 Å². The summed E-state index contributed by atoms with van der Waals surface area (Å²) in [5.41, 5.74) is 0.854. The quantitative estimate of drug-likeness (QED) is 0.852. The Kier molecular flexibility index (Phi) is 5.71. The molecule has 0 radical (unpaired) electrons. The van der Waals surface area contributed by atoms with Crippen LogP contribution in [0.1, 0.15) is 24.5 Å². The summed E-state index contributed by atoms with van der Waals surface area (Å²) in [5.74, 6) is 0.564. The lowest BCUT2D eigenvalue weighted by atomic mass is 10.1. The molecular formula is C12H17F2NOS. The molecule has 2 nitrogen and oxygen atoms in total.